The van der Waals surface area contributed by atoms with E-state index in [4.69, 9.17) is 5.73 Å². The third-order valence-electron chi connectivity index (χ3n) is 2.27. The largest absolute Gasteiger partial charge is 0.326 e. The minimum absolute atomic E-state index is 0.110. The average Bonchev–Trinajstić information content (AvgIpc) is 2.69. The third-order valence-corrected chi connectivity index (χ3v) is 5.40. The zero-order valence-electron chi connectivity index (χ0n) is 9.79. The number of nitrogens with two attached hydrogens (primary N) is 1. The van der Waals surface area contributed by atoms with E-state index in [9.17, 15) is 26.0 Å². The number of hydrogen-bond donors (Lipinski definition) is 2. The molecule has 0 aliphatic heterocycles. The van der Waals surface area contributed by atoms with E-state index >= 15 is 0 Å². The normalized spacial score (nSPS) is 13.2. The molecule has 0 amide bonds. The summed E-state index contributed by atoms with van der Waals surface area (Å²) >= 11 is 0.818. The molecule has 0 unspecified atom stereocenters. The summed E-state index contributed by atoms with van der Waals surface area (Å²) in [7, 11) is -4.24. The summed E-state index contributed by atoms with van der Waals surface area (Å²) in [5.74, 6) is -4.41. The molecule has 0 bridgehead atoms. The number of hydrogen-bond acceptors (Lipinski definition) is 4. The van der Waals surface area contributed by atoms with Gasteiger partial charge in [-0.2, -0.15) is 8.78 Å². The molecule has 1 rings (SSSR count). The highest BCUT2D eigenvalue weighted by Gasteiger charge is 2.41. The molecule has 0 aromatic carbocycles. The first-order valence-corrected chi connectivity index (χ1v) is 7.35. The highest BCUT2D eigenvalue weighted by atomic mass is 32.2. The van der Waals surface area contributed by atoms with E-state index in [1.54, 1.807) is 6.92 Å². The predicted octanol–water partition coefficient (Wildman–Crippen LogP) is 1.69. The maximum Gasteiger partial charge on any atom is 0.320 e. The minimum Gasteiger partial charge on any atom is -0.326 e. The Kier molecular flexibility index (Phi) is 4.93. The Balaban J connectivity index is 2.87. The SMILES string of the molecule is Cc1cc(S(=O)(=O)NCC(F)(F)C(F)F)sc1CN. The van der Waals surface area contributed by atoms with Crippen molar-refractivity contribution < 1.29 is 26.0 Å². The zero-order chi connectivity index (χ0) is 14.8. The van der Waals surface area contributed by atoms with Crippen LogP contribution in [0.1, 0.15) is 10.4 Å². The van der Waals surface area contributed by atoms with Crippen LogP contribution in [0.4, 0.5) is 17.6 Å². The molecule has 3 N–H and O–H groups in total. The summed E-state index contributed by atoms with van der Waals surface area (Å²) in [6, 6.07) is 1.26. The molecule has 0 atom stereocenters. The van der Waals surface area contributed by atoms with Gasteiger partial charge >= 0.3 is 12.3 Å². The molecule has 1 aromatic rings. The fourth-order valence-electron chi connectivity index (χ4n) is 1.16. The first-order valence-electron chi connectivity index (χ1n) is 5.05. The number of nitrogens with one attached hydrogen (secondary N) is 1. The van der Waals surface area contributed by atoms with E-state index < -0.39 is 28.9 Å². The van der Waals surface area contributed by atoms with Gasteiger partial charge in [-0.15, -0.1) is 11.3 Å². The molecule has 110 valence electrons. The highest BCUT2D eigenvalue weighted by Crippen LogP contribution is 2.27. The second-order valence-electron chi connectivity index (χ2n) is 3.76. The van der Waals surface area contributed by atoms with Crippen molar-refractivity contribution >= 4 is 21.4 Å². The van der Waals surface area contributed by atoms with Gasteiger partial charge in [-0.25, -0.2) is 21.9 Å². The molecule has 1 aromatic heterocycles. The second kappa shape index (κ2) is 5.73. The van der Waals surface area contributed by atoms with E-state index in [1.165, 1.54) is 10.8 Å². The molecule has 19 heavy (non-hydrogen) atoms. The Hall–Kier alpha value is -0.710. The van der Waals surface area contributed by atoms with Gasteiger partial charge in [0.15, 0.2) is 0 Å². The van der Waals surface area contributed by atoms with Crippen molar-refractivity contribution in [2.45, 2.75) is 30.0 Å². The van der Waals surface area contributed by atoms with Gasteiger partial charge in [-0.1, -0.05) is 0 Å². The van der Waals surface area contributed by atoms with Gasteiger partial charge in [0.25, 0.3) is 0 Å². The molecule has 0 spiro atoms. The van der Waals surface area contributed by atoms with Crippen LogP contribution in [0, 0.1) is 6.92 Å². The van der Waals surface area contributed by atoms with E-state index in [1.807, 2.05) is 0 Å². The summed E-state index contributed by atoms with van der Waals surface area (Å²) in [6.07, 6.45) is -3.93. The molecular weight excluding hydrogens is 308 g/mol. The molecule has 0 saturated heterocycles. The number of thiophene rings is 1. The maximum atomic E-state index is 12.6. The highest BCUT2D eigenvalue weighted by molar-refractivity contribution is 7.91. The summed E-state index contributed by atoms with van der Waals surface area (Å²) < 4.78 is 73.7. The summed E-state index contributed by atoms with van der Waals surface area (Å²) in [5, 5.41) is 0. The fourth-order valence-corrected chi connectivity index (χ4v) is 3.72. The Bertz CT molecular complexity index is 542. The van der Waals surface area contributed by atoms with Gasteiger partial charge in [0.05, 0.1) is 6.54 Å². The van der Waals surface area contributed by atoms with Crippen LogP contribution in [0.5, 0.6) is 0 Å². The number of rotatable bonds is 6. The van der Waals surface area contributed by atoms with E-state index in [0.29, 0.717) is 10.4 Å². The second-order valence-corrected chi connectivity index (χ2v) is 6.89. The number of sulfonamides is 1. The lowest BCUT2D eigenvalue weighted by atomic mass is 10.3. The van der Waals surface area contributed by atoms with Crippen LogP contribution in [0.3, 0.4) is 0 Å². The molecule has 0 aliphatic carbocycles. The topological polar surface area (TPSA) is 72.2 Å². The summed E-state index contributed by atoms with van der Waals surface area (Å²) in [6.45, 7) is 0.0760. The smallest absolute Gasteiger partial charge is 0.320 e. The van der Waals surface area contributed by atoms with Gasteiger partial charge in [0.1, 0.15) is 4.21 Å². The van der Waals surface area contributed by atoms with Gasteiger partial charge in [0.2, 0.25) is 10.0 Å². The molecule has 1 heterocycles. The Morgan fingerprint density at radius 1 is 1.47 bits per heavy atom. The van der Waals surface area contributed by atoms with E-state index in [0.717, 1.165) is 11.3 Å². The van der Waals surface area contributed by atoms with Crippen LogP contribution in [-0.2, 0) is 16.6 Å². The first-order chi connectivity index (χ1) is 8.60. The molecule has 4 nitrogen and oxygen atoms in total. The molecule has 0 saturated carbocycles. The number of halogens is 4. The van der Waals surface area contributed by atoms with Crippen molar-refractivity contribution in [3.8, 4) is 0 Å². The van der Waals surface area contributed by atoms with Crippen molar-refractivity contribution in [1.82, 2.24) is 4.72 Å². The van der Waals surface area contributed by atoms with Crippen molar-refractivity contribution in [3.63, 3.8) is 0 Å². The van der Waals surface area contributed by atoms with E-state index in [2.05, 4.69) is 0 Å². The van der Waals surface area contributed by atoms with Crippen molar-refractivity contribution in [2.24, 2.45) is 5.73 Å². The Morgan fingerprint density at radius 3 is 2.47 bits per heavy atom. The molecule has 10 heteroatoms. The lowest BCUT2D eigenvalue weighted by molar-refractivity contribution is -0.122. The molecule has 0 fully saturated rings. The predicted molar refractivity (Wildman–Crippen MR) is 63.1 cm³/mol. The van der Waals surface area contributed by atoms with E-state index in [-0.39, 0.29) is 10.8 Å². The van der Waals surface area contributed by atoms with Gasteiger partial charge in [0, 0.05) is 11.4 Å². The van der Waals surface area contributed by atoms with Crippen LogP contribution >= 0.6 is 11.3 Å². The first kappa shape index (κ1) is 16.3. The van der Waals surface area contributed by atoms with Crippen molar-refractivity contribution in [1.29, 1.82) is 0 Å². The summed E-state index contributed by atoms with van der Waals surface area (Å²) in [4.78, 5) is 0.584. The van der Waals surface area contributed by atoms with Crippen molar-refractivity contribution in [2.75, 3.05) is 6.54 Å². The fraction of sp³-hybridized carbons (Fsp3) is 0.556. The average molecular weight is 320 g/mol. The molecular formula is C9H12F4N2O2S2. The monoisotopic (exact) mass is 320 g/mol. The lowest BCUT2D eigenvalue weighted by Crippen LogP contribution is -2.41. The van der Waals surface area contributed by atoms with Crippen LogP contribution < -0.4 is 10.5 Å². The maximum absolute atomic E-state index is 12.6. The minimum atomic E-state index is -4.41. The summed E-state index contributed by atoms with van der Waals surface area (Å²) in [5.41, 5.74) is 5.97. The molecule has 0 aliphatic rings. The van der Waals surface area contributed by atoms with Crippen LogP contribution in [0.25, 0.3) is 0 Å². The van der Waals surface area contributed by atoms with Gasteiger partial charge < -0.3 is 5.73 Å². The Morgan fingerprint density at radius 2 is 2.05 bits per heavy atom. The quantitative estimate of drug-likeness (QED) is 0.784. The number of aryl methyl sites for hydroxylation is 1. The zero-order valence-corrected chi connectivity index (χ0v) is 11.4. The van der Waals surface area contributed by atoms with Crippen LogP contribution in [-0.4, -0.2) is 27.3 Å². The Labute approximate surface area is 111 Å². The standard InChI is InChI=1S/C9H12F4N2O2S2/c1-5-2-7(18-6(5)3-14)19(16,17)15-4-9(12,13)8(10)11/h2,8,15H,3-4,14H2,1H3. The van der Waals surface area contributed by atoms with Crippen LogP contribution in [0.2, 0.25) is 0 Å². The van der Waals surface area contributed by atoms with Crippen molar-refractivity contribution in [3.05, 3.63) is 16.5 Å². The van der Waals surface area contributed by atoms with Gasteiger partial charge in [-0.3, -0.25) is 0 Å². The lowest BCUT2D eigenvalue weighted by Gasteiger charge is -2.15. The molecule has 0 radical (unpaired) electrons. The van der Waals surface area contributed by atoms with Crippen LogP contribution in [0.15, 0.2) is 10.3 Å². The third kappa shape index (κ3) is 3.88. The number of alkyl halides is 4. The van der Waals surface area contributed by atoms with Gasteiger partial charge in [-0.05, 0) is 18.6 Å².